The lowest BCUT2D eigenvalue weighted by atomic mass is 10.1. The minimum atomic E-state index is -0.250. The predicted octanol–water partition coefficient (Wildman–Crippen LogP) is 1.90. The third-order valence-corrected chi connectivity index (χ3v) is 2.38. The van der Waals surface area contributed by atoms with Crippen LogP contribution in [0.4, 0.5) is 16.3 Å². The van der Waals surface area contributed by atoms with E-state index in [1.54, 1.807) is 6.07 Å². The first-order valence-electron chi connectivity index (χ1n) is 5.29. The minimum Gasteiger partial charge on any atom is -0.368 e. The first kappa shape index (κ1) is 12.5. The average Bonchev–Trinajstić information content (AvgIpc) is 2.27. The highest BCUT2D eigenvalue weighted by Gasteiger charge is 2.02. The molecule has 0 spiro atoms. The normalized spacial score (nSPS) is 10.3. The molecule has 3 N–H and O–H groups in total. The van der Waals surface area contributed by atoms with Crippen LogP contribution in [-0.2, 0) is 6.42 Å². The largest absolute Gasteiger partial charge is 0.368 e. The number of hydrogen-bond acceptors (Lipinski definition) is 5. The Balaban J connectivity index is 1.92. The number of nitrogens with two attached hydrogens (primary N) is 1. The minimum absolute atomic E-state index is 0.0377. The highest BCUT2D eigenvalue weighted by atomic mass is 35.5. The molecular formula is C11H11ClFN5. The maximum absolute atomic E-state index is 12.9. The van der Waals surface area contributed by atoms with E-state index in [9.17, 15) is 4.39 Å². The molecule has 0 aliphatic heterocycles. The number of anilines is 2. The zero-order valence-electron chi connectivity index (χ0n) is 9.40. The van der Waals surface area contributed by atoms with Crippen LogP contribution in [0.5, 0.6) is 0 Å². The van der Waals surface area contributed by atoms with E-state index in [0.29, 0.717) is 18.9 Å². The summed E-state index contributed by atoms with van der Waals surface area (Å²) in [6, 6.07) is 6.40. The average molecular weight is 268 g/mol. The van der Waals surface area contributed by atoms with Crippen molar-refractivity contribution in [2.24, 2.45) is 0 Å². The van der Waals surface area contributed by atoms with Crippen LogP contribution in [0, 0.1) is 5.82 Å². The molecule has 0 saturated carbocycles. The Hall–Kier alpha value is -1.95. The number of hydrogen-bond donors (Lipinski definition) is 2. The molecule has 1 heterocycles. The summed E-state index contributed by atoms with van der Waals surface area (Å²) in [6.45, 7) is 0.545. The molecule has 18 heavy (non-hydrogen) atoms. The Kier molecular flexibility index (Phi) is 3.88. The molecule has 5 nitrogen and oxygen atoms in total. The van der Waals surface area contributed by atoms with Gasteiger partial charge in [0.2, 0.25) is 17.2 Å². The number of nitrogens with one attached hydrogen (secondary N) is 1. The fraction of sp³-hybridized carbons (Fsp3) is 0.182. The lowest BCUT2D eigenvalue weighted by Gasteiger charge is -2.05. The van der Waals surface area contributed by atoms with Crippen molar-refractivity contribution in [1.82, 2.24) is 15.0 Å². The van der Waals surface area contributed by atoms with Crippen molar-refractivity contribution >= 4 is 23.5 Å². The van der Waals surface area contributed by atoms with Crippen molar-refractivity contribution < 1.29 is 4.39 Å². The lowest BCUT2D eigenvalue weighted by Crippen LogP contribution is -2.10. The number of aromatic nitrogens is 3. The summed E-state index contributed by atoms with van der Waals surface area (Å²) in [5, 5.41) is 2.98. The van der Waals surface area contributed by atoms with Crippen LogP contribution < -0.4 is 11.1 Å². The van der Waals surface area contributed by atoms with Crippen molar-refractivity contribution in [1.29, 1.82) is 0 Å². The number of rotatable bonds is 4. The fourth-order valence-corrected chi connectivity index (χ4v) is 1.62. The van der Waals surface area contributed by atoms with Gasteiger partial charge >= 0.3 is 0 Å². The van der Waals surface area contributed by atoms with Crippen LogP contribution in [-0.4, -0.2) is 21.5 Å². The Morgan fingerprint density at radius 2 is 2.11 bits per heavy atom. The zero-order chi connectivity index (χ0) is 13.0. The smallest absolute Gasteiger partial charge is 0.228 e. The number of benzene rings is 1. The monoisotopic (exact) mass is 267 g/mol. The molecule has 1 aromatic heterocycles. The molecule has 1 aromatic carbocycles. The van der Waals surface area contributed by atoms with Gasteiger partial charge in [0.05, 0.1) is 0 Å². The van der Waals surface area contributed by atoms with E-state index in [0.717, 1.165) is 5.56 Å². The van der Waals surface area contributed by atoms with Crippen LogP contribution in [0.25, 0.3) is 0 Å². The summed E-state index contributed by atoms with van der Waals surface area (Å²) in [5.41, 5.74) is 6.31. The quantitative estimate of drug-likeness (QED) is 0.885. The number of halogens is 2. The number of nitrogens with zero attached hydrogens (tertiary/aromatic N) is 3. The van der Waals surface area contributed by atoms with Gasteiger partial charge in [0.25, 0.3) is 0 Å². The van der Waals surface area contributed by atoms with Gasteiger partial charge in [-0.15, -0.1) is 0 Å². The van der Waals surface area contributed by atoms with E-state index in [4.69, 9.17) is 17.3 Å². The van der Waals surface area contributed by atoms with Gasteiger partial charge in [0.1, 0.15) is 5.82 Å². The summed E-state index contributed by atoms with van der Waals surface area (Å²) in [4.78, 5) is 11.4. The van der Waals surface area contributed by atoms with Crippen molar-refractivity contribution in [3.05, 3.63) is 40.9 Å². The first-order chi connectivity index (χ1) is 8.63. The molecule has 0 bridgehead atoms. The molecule has 0 aliphatic rings. The van der Waals surface area contributed by atoms with Gasteiger partial charge in [-0.1, -0.05) is 12.1 Å². The maximum Gasteiger partial charge on any atom is 0.228 e. The molecular weight excluding hydrogens is 257 g/mol. The van der Waals surface area contributed by atoms with Crippen molar-refractivity contribution in [2.45, 2.75) is 6.42 Å². The van der Waals surface area contributed by atoms with Crippen molar-refractivity contribution in [3.8, 4) is 0 Å². The molecule has 2 rings (SSSR count). The van der Waals surface area contributed by atoms with Gasteiger partial charge in [-0.3, -0.25) is 0 Å². The van der Waals surface area contributed by atoms with E-state index in [-0.39, 0.29) is 17.0 Å². The summed E-state index contributed by atoms with van der Waals surface area (Å²) in [5.74, 6) is 0.118. The lowest BCUT2D eigenvalue weighted by molar-refractivity contribution is 0.625. The highest BCUT2D eigenvalue weighted by Crippen LogP contribution is 2.08. The molecule has 0 aliphatic carbocycles. The van der Waals surface area contributed by atoms with E-state index in [1.807, 2.05) is 6.07 Å². The van der Waals surface area contributed by atoms with Crippen molar-refractivity contribution in [2.75, 3.05) is 17.6 Å². The van der Waals surface area contributed by atoms with Gasteiger partial charge in [-0.05, 0) is 35.7 Å². The Labute approximate surface area is 108 Å². The molecule has 0 saturated heterocycles. The summed E-state index contributed by atoms with van der Waals surface area (Å²) < 4.78 is 12.9. The van der Waals surface area contributed by atoms with Crippen LogP contribution in [0.15, 0.2) is 24.3 Å². The van der Waals surface area contributed by atoms with E-state index >= 15 is 0 Å². The fourth-order valence-electron chi connectivity index (χ4n) is 1.46. The first-order valence-corrected chi connectivity index (χ1v) is 5.66. The Bertz CT molecular complexity index is 528. The van der Waals surface area contributed by atoms with Crippen LogP contribution in [0.1, 0.15) is 5.56 Å². The highest BCUT2D eigenvalue weighted by molar-refractivity contribution is 6.28. The Morgan fingerprint density at radius 1 is 1.28 bits per heavy atom. The maximum atomic E-state index is 12.9. The molecule has 0 fully saturated rings. The summed E-state index contributed by atoms with van der Waals surface area (Å²) >= 11 is 5.64. The molecule has 0 unspecified atom stereocenters. The third-order valence-electron chi connectivity index (χ3n) is 2.21. The van der Waals surface area contributed by atoms with Gasteiger partial charge in [0.15, 0.2) is 0 Å². The van der Waals surface area contributed by atoms with Crippen LogP contribution in [0.2, 0.25) is 5.28 Å². The third kappa shape index (κ3) is 3.53. The van der Waals surface area contributed by atoms with Gasteiger partial charge in [-0.25, -0.2) is 4.39 Å². The molecule has 0 amide bonds. The second-order valence-electron chi connectivity index (χ2n) is 3.59. The van der Waals surface area contributed by atoms with Gasteiger partial charge < -0.3 is 11.1 Å². The molecule has 0 radical (unpaired) electrons. The predicted molar refractivity (Wildman–Crippen MR) is 67.8 cm³/mol. The Morgan fingerprint density at radius 3 is 2.83 bits per heavy atom. The SMILES string of the molecule is Nc1nc(Cl)nc(NCCc2cccc(F)c2)n1. The molecule has 7 heteroatoms. The van der Waals surface area contributed by atoms with E-state index < -0.39 is 0 Å². The molecule has 94 valence electrons. The second kappa shape index (κ2) is 5.59. The van der Waals surface area contributed by atoms with E-state index in [2.05, 4.69) is 20.3 Å². The van der Waals surface area contributed by atoms with Gasteiger partial charge in [0, 0.05) is 6.54 Å². The zero-order valence-corrected chi connectivity index (χ0v) is 10.2. The molecule has 2 aromatic rings. The summed E-state index contributed by atoms with van der Waals surface area (Å²) in [7, 11) is 0. The van der Waals surface area contributed by atoms with Gasteiger partial charge in [-0.2, -0.15) is 15.0 Å². The summed E-state index contributed by atoms with van der Waals surface area (Å²) in [6.07, 6.45) is 0.640. The standard InChI is InChI=1S/C11H11ClFN5/c12-9-16-10(14)18-11(17-9)15-5-4-7-2-1-3-8(13)6-7/h1-3,6H,4-5H2,(H3,14,15,16,17,18). The van der Waals surface area contributed by atoms with Crippen molar-refractivity contribution in [3.63, 3.8) is 0 Å². The second-order valence-corrected chi connectivity index (χ2v) is 3.93. The van der Waals surface area contributed by atoms with E-state index in [1.165, 1.54) is 12.1 Å². The molecule has 0 atom stereocenters. The van der Waals surface area contributed by atoms with Crippen LogP contribution >= 0.6 is 11.6 Å². The van der Waals surface area contributed by atoms with Crippen LogP contribution in [0.3, 0.4) is 0 Å². The number of nitrogen functional groups attached to an aromatic ring is 1. The topological polar surface area (TPSA) is 76.7 Å².